The Morgan fingerprint density at radius 2 is 2.00 bits per heavy atom. The molecule has 78 valence electrons. The molecule has 0 aromatic carbocycles. The largest absolute Gasteiger partial charge is 0.375 e. The van der Waals surface area contributed by atoms with E-state index in [-0.39, 0.29) is 18.0 Å². The molecule has 0 radical (unpaired) electrons. The summed E-state index contributed by atoms with van der Waals surface area (Å²) >= 11 is 2.04. The Morgan fingerprint density at radius 3 is 2.62 bits per heavy atom. The van der Waals surface area contributed by atoms with Gasteiger partial charge < -0.3 is 10.5 Å². The highest BCUT2D eigenvalue weighted by molar-refractivity contribution is 7.99. The summed E-state index contributed by atoms with van der Waals surface area (Å²) in [7, 11) is 0. The predicted octanol–water partition coefficient (Wildman–Crippen LogP) is 1.81. The number of rotatable bonds is 0. The maximum atomic E-state index is 5.95. The lowest BCUT2D eigenvalue weighted by Gasteiger charge is -2.42. The van der Waals surface area contributed by atoms with Gasteiger partial charge in [-0.3, -0.25) is 0 Å². The molecule has 2 fully saturated rings. The summed E-state index contributed by atoms with van der Waals surface area (Å²) in [5.74, 6) is 2.51. The molecule has 2 N–H and O–H groups in total. The summed E-state index contributed by atoms with van der Waals surface area (Å²) in [5.41, 5.74) is 6.14. The first-order chi connectivity index (χ1) is 5.81. The van der Waals surface area contributed by atoms with Crippen LogP contribution in [0, 0.1) is 0 Å². The van der Waals surface area contributed by atoms with Crippen LogP contribution >= 0.6 is 24.2 Å². The smallest absolute Gasteiger partial charge is 0.0713 e. The third-order valence-electron chi connectivity index (χ3n) is 2.94. The van der Waals surface area contributed by atoms with Crippen molar-refractivity contribution in [1.29, 1.82) is 0 Å². The van der Waals surface area contributed by atoms with Crippen molar-refractivity contribution in [3.05, 3.63) is 0 Å². The minimum Gasteiger partial charge on any atom is -0.375 e. The van der Waals surface area contributed by atoms with E-state index in [9.17, 15) is 0 Å². The van der Waals surface area contributed by atoms with Gasteiger partial charge in [0.2, 0.25) is 0 Å². The van der Waals surface area contributed by atoms with Gasteiger partial charge in [-0.25, -0.2) is 0 Å². The Balaban J connectivity index is 0.000000845. The van der Waals surface area contributed by atoms with Gasteiger partial charge in [-0.05, 0) is 37.2 Å². The van der Waals surface area contributed by atoms with E-state index in [1.54, 1.807) is 0 Å². The van der Waals surface area contributed by atoms with Crippen LogP contribution in [-0.4, -0.2) is 29.8 Å². The predicted molar refractivity (Wildman–Crippen MR) is 59.7 cm³/mol. The molecule has 1 spiro atoms. The van der Waals surface area contributed by atoms with Gasteiger partial charge in [0.05, 0.1) is 5.60 Å². The zero-order valence-corrected chi connectivity index (χ0v) is 9.46. The van der Waals surface area contributed by atoms with Gasteiger partial charge in [0.25, 0.3) is 0 Å². The molecule has 2 nitrogen and oxygen atoms in total. The summed E-state index contributed by atoms with van der Waals surface area (Å²) in [4.78, 5) is 0. The van der Waals surface area contributed by atoms with Crippen LogP contribution in [0.1, 0.15) is 25.7 Å². The van der Waals surface area contributed by atoms with Crippen LogP contribution in [0.4, 0.5) is 0 Å². The van der Waals surface area contributed by atoms with Crippen molar-refractivity contribution < 1.29 is 4.74 Å². The van der Waals surface area contributed by atoms with Crippen molar-refractivity contribution in [2.75, 3.05) is 18.1 Å². The summed E-state index contributed by atoms with van der Waals surface area (Å²) in [6.45, 7) is 0.881. The molecular weight excluding hydrogens is 206 g/mol. The number of ether oxygens (including phenoxy) is 1. The van der Waals surface area contributed by atoms with E-state index >= 15 is 0 Å². The average molecular weight is 224 g/mol. The molecule has 0 aliphatic carbocycles. The van der Waals surface area contributed by atoms with Crippen LogP contribution < -0.4 is 5.73 Å². The Bertz CT molecular complexity index is 156. The molecule has 2 rings (SSSR count). The zero-order valence-electron chi connectivity index (χ0n) is 7.83. The Labute approximate surface area is 90.4 Å². The van der Waals surface area contributed by atoms with E-state index in [4.69, 9.17) is 10.5 Å². The number of hydrogen-bond donors (Lipinski definition) is 1. The normalized spacial score (nSPS) is 32.5. The minimum absolute atomic E-state index is 0. The molecule has 2 aliphatic rings. The standard InChI is InChI=1S/C9H17NOS.ClH/c10-8-1-4-11-9(7-8)2-5-12-6-3-9;/h8H,1-7,10H2;1H. The number of thioether (sulfide) groups is 1. The first-order valence-corrected chi connectivity index (χ1v) is 5.94. The Hall–Kier alpha value is 0.560. The van der Waals surface area contributed by atoms with Gasteiger partial charge in [-0.2, -0.15) is 11.8 Å². The van der Waals surface area contributed by atoms with Crippen molar-refractivity contribution >= 4 is 24.2 Å². The SMILES string of the molecule is Cl.NC1CCOC2(CCSCC2)C1. The van der Waals surface area contributed by atoms with Crippen molar-refractivity contribution in [1.82, 2.24) is 0 Å². The van der Waals surface area contributed by atoms with E-state index in [2.05, 4.69) is 0 Å². The fraction of sp³-hybridized carbons (Fsp3) is 1.00. The molecule has 2 heterocycles. The molecular formula is C9H18ClNOS. The molecule has 13 heavy (non-hydrogen) atoms. The second-order valence-electron chi connectivity index (χ2n) is 3.90. The van der Waals surface area contributed by atoms with Crippen molar-refractivity contribution in [3.8, 4) is 0 Å². The number of nitrogens with two attached hydrogens (primary N) is 1. The topological polar surface area (TPSA) is 35.2 Å². The first kappa shape index (κ1) is 11.6. The van der Waals surface area contributed by atoms with E-state index < -0.39 is 0 Å². The summed E-state index contributed by atoms with van der Waals surface area (Å²) in [6.07, 6.45) is 4.57. The van der Waals surface area contributed by atoms with Crippen molar-refractivity contribution in [3.63, 3.8) is 0 Å². The van der Waals surface area contributed by atoms with Crippen molar-refractivity contribution in [2.45, 2.75) is 37.3 Å². The van der Waals surface area contributed by atoms with Gasteiger partial charge in [-0.1, -0.05) is 0 Å². The molecule has 0 saturated carbocycles. The van der Waals surface area contributed by atoms with Crippen LogP contribution in [0.25, 0.3) is 0 Å². The molecule has 1 unspecified atom stereocenters. The average Bonchev–Trinajstić information content (AvgIpc) is 2.05. The second-order valence-corrected chi connectivity index (χ2v) is 5.12. The lowest BCUT2D eigenvalue weighted by Crippen LogP contribution is -2.47. The highest BCUT2D eigenvalue weighted by Crippen LogP contribution is 2.36. The van der Waals surface area contributed by atoms with E-state index in [1.807, 2.05) is 11.8 Å². The second kappa shape index (κ2) is 4.87. The number of halogens is 1. The Kier molecular flexibility index (Phi) is 4.36. The maximum Gasteiger partial charge on any atom is 0.0713 e. The van der Waals surface area contributed by atoms with E-state index in [0.29, 0.717) is 6.04 Å². The highest BCUT2D eigenvalue weighted by Gasteiger charge is 2.37. The van der Waals surface area contributed by atoms with E-state index in [1.165, 1.54) is 24.3 Å². The van der Waals surface area contributed by atoms with Gasteiger partial charge in [0.15, 0.2) is 0 Å². The van der Waals surface area contributed by atoms with Gasteiger partial charge in [0.1, 0.15) is 0 Å². The van der Waals surface area contributed by atoms with Crippen LogP contribution in [0.3, 0.4) is 0 Å². The van der Waals surface area contributed by atoms with Crippen LogP contribution in [-0.2, 0) is 4.74 Å². The first-order valence-electron chi connectivity index (χ1n) is 4.78. The molecule has 0 aromatic heterocycles. The zero-order chi connectivity index (χ0) is 8.44. The maximum absolute atomic E-state index is 5.95. The summed E-state index contributed by atoms with van der Waals surface area (Å²) in [5, 5.41) is 0. The molecule has 4 heteroatoms. The number of hydrogen-bond acceptors (Lipinski definition) is 3. The lowest BCUT2D eigenvalue weighted by molar-refractivity contribution is -0.0888. The van der Waals surface area contributed by atoms with E-state index in [0.717, 1.165) is 19.4 Å². The van der Waals surface area contributed by atoms with Gasteiger partial charge >= 0.3 is 0 Å². The third kappa shape index (κ3) is 2.75. The van der Waals surface area contributed by atoms with Crippen molar-refractivity contribution in [2.24, 2.45) is 5.73 Å². The molecule has 2 saturated heterocycles. The fourth-order valence-electron chi connectivity index (χ4n) is 2.16. The van der Waals surface area contributed by atoms with Crippen LogP contribution in [0.2, 0.25) is 0 Å². The van der Waals surface area contributed by atoms with Crippen LogP contribution in [0.5, 0.6) is 0 Å². The quantitative estimate of drug-likeness (QED) is 0.681. The summed E-state index contributed by atoms with van der Waals surface area (Å²) in [6, 6.07) is 0.391. The molecule has 0 bridgehead atoms. The third-order valence-corrected chi connectivity index (χ3v) is 3.92. The Morgan fingerprint density at radius 1 is 1.31 bits per heavy atom. The fourth-order valence-corrected chi connectivity index (χ4v) is 3.39. The minimum atomic E-state index is 0. The molecule has 0 aromatic rings. The highest BCUT2D eigenvalue weighted by atomic mass is 35.5. The molecule has 0 amide bonds. The molecule has 2 aliphatic heterocycles. The van der Waals surface area contributed by atoms with Gasteiger partial charge in [-0.15, -0.1) is 12.4 Å². The van der Waals surface area contributed by atoms with Crippen LogP contribution in [0.15, 0.2) is 0 Å². The molecule has 1 atom stereocenters. The van der Waals surface area contributed by atoms with Gasteiger partial charge in [0, 0.05) is 12.6 Å². The summed E-state index contributed by atoms with van der Waals surface area (Å²) < 4.78 is 5.88. The lowest BCUT2D eigenvalue weighted by atomic mass is 9.86. The monoisotopic (exact) mass is 223 g/mol.